The molecule has 3 rings (SSSR count). The highest BCUT2D eigenvalue weighted by Gasteiger charge is 2.12. The van der Waals surface area contributed by atoms with Crippen LogP contribution in [0, 0.1) is 6.92 Å². The number of hydrogen-bond donors (Lipinski definition) is 0. The van der Waals surface area contributed by atoms with Crippen molar-refractivity contribution < 1.29 is 4.79 Å². The van der Waals surface area contributed by atoms with Gasteiger partial charge < -0.3 is 4.90 Å². The summed E-state index contributed by atoms with van der Waals surface area (Å²) in [5.74, 6) is -0.138. The van der Waals surface area contributed by atoms with E-state index in [-0.39, 0.29) is 18.0 Å². The molecule has 0 unspecified atom stereocenters. The van der Waals surface area contributed by atoms with Crippen LogP contribution in [0.3, 0.4) is 0 Å². The molecule has 0 aliphatic rings. The van der Waals surface area contributed by atoms with Crippen LogP contribution in [0.1, 0.15) is 11.1 Å². The number of carbonyl (C=O) groups is 1. The van der Waals surface area contributed by atoms with E-state index < -0.39 is 0 Å². The fourth-order valence-corrected chi connectivity index (χ4v) is 2.64. The zero-order valence-corrected chi connectivity index (χ0v) is 14.9. The highest BCUT2D eigenvalue weighted by molar-refractivity contribution is 5.75. The molecule has 0 spiro atoms. The molecule has 0 aliphatic heterocycles. The van der Waals surface area contributed by atoms with E-state index in [2.05, 4.69) is 4.98 Å². The molecule has 1 heterocycles. The van der Waals surface area contributed by atoms with Crippen LogP contribution >= 0.6 is 0 Å². The maximum absolute atomic E-state index is 12.4. The molecular formula is C21H21N3O2. The maximum Gasteiger partial charge on any atom is 0.254 e. The third-order valence-corrected chi connectivity index (χ3v) is 4.22. The lowest BCUT2D eigenvalue weighted by atomic mass is 10.1. The van der Waals surface area contributed by atoms with E-state index in [1.54, 1.807) is 11.9 Å². The van der Waals surface area contributed by atoms with Gasteiger partial charge in [0.25, 0.3) is 5.56 Å². The fourth-order valence-electron chi connectivity index (χ4n) is 2.64. The van der Waals surface area contributed by atoms with E-state index in [0.29, 0.717) is 12.2 Å². The number of nitrogens with zero attached hydrogens (tertiary/aromatic N) is 3. The van der Waals surface area contributed by atoms with Gasteiger partial charge in [0.05, 0.1) is 12.0 Å². The Labute approximate surface area is 152 Å². The molecule has 3 aromatic rings. The van der Waals surface area contributed by atoms with Gasteiger partial charge in [-0.05, 0) is 12.5 Å². The van der Waals surface area contributed by atoms with Crippen molar-refractivity contribution in [1.82, 2.24) is 14.5 Å². The fraction of sp³-hybridized carbons (Fsp3) is 0.190. The molecule has 132 valence electrons. The lowest BCUT2D eigenvalue weighted by molar-refractivity contribution is -0.131. The smallest absolute Gasteiger partial charge is 0.254 e. The number of amides is 1. The number of likely N-dealkylation sites (N-methyl/N-ethyl adjacent to an activating group) is 1. The Morgan fingerprint density at radius 1 is 1.08 bits per heavy atom. The lowest BCUT2D eigenvalue weighted by Gasteiger charge is -2.18. The Morgan fingerprint density at radius 2 is 1.77 bits per heavy atom. The van der Waals surface area contributed by atoms with Crippen LogP contribution in [-0.2, 0) is 17.9 Å². The van der Waals surface area contributed by atoms with Crippen molar-refractivity contribution >= 4 is 5.91 Å². The van der Waals surface area contributed by atoms with Crippen LogP contribution in [-0.4, -0.2) is 27.4 Å². The first-order valence-electron chi connectivity index (χ1n) is 8.44. The Hall–Kier alpha value is -3.21. The summed E-state index contributed by atoms with van der Waals surface area (Å²) in [5.41, 5.74) is 3.44. The van der Waals surface area contributed by atoms with Gasteiger partial charge in [-0.2, -0.15) is 0 Å². The molecule has 0 bridgehead atoms. The second-order valence-electron chi connectivity index (χ2n) is 6.34. The van der Waals surface area contributed by atoms with Gasteiger partial charge in [0.15, 0.2) is 0 Å². The van der Waals surface area contributed by atoms with E-state index in [4.69, 9.17) is 0 Å². The predicted molar refractivity (Wildman–Crippen MR) is 102 cm³/mol. The summed E-state index contributed by atoms with van der Waals surface area (Å²) in [6.07, 6.45) is 1.44. The molecule has 5 nitrogen and oxygen atoms in total. The van der Waals surface area contributed by atoms with Gasteiger partial charge >= 0.3 is 0 Å². The van der Waals surface area contributed by atoms with Gasteiger partial charge in [-0.25, -0.2) is 4.98 Å². The van der Waals surface area contributed by atoms with E-state index in [1.807, 2.05) is 61.5 Å². The molecule has 0 atom stereocenters. The van der Waals surface area contributed by atoms with Crippen LogP contribution in [0.4, 0.5) is 0 Å². The molecule has 0 saturated heterocycles. The number of aryl methyl sites for hydroxylation is 1. The van der Waals surface area contributed by atoms with E-state index in [1.165, 1.54) is 17.0 Å². The van der Waals surface area contributed by atoms with Crippen molar-refractivity contribution in [3.63, 3.8) is 0 Å². The molecule has 2 aromatic carbocycles. The quantitative estimate of drug-likeness (QED) is 0.713. The van der Waals surface area contributed by atoms with Crippen LogP contribution in [0.2, 0.25) is 0 Å². The van der Waals surface area contributed by atoms with E-state index >= 15 is 0 Å². The monoisotopic (exact) mass is 347 g/mol. The molecular weight excluding hydrogens is 326 g/mol. The zero-order valence-electron chi connectivity index (χ0n) is 14.9. The highest BCUT2D eigenvalue weighted by atomic mass is 16.2. The van der Waals surface area contributed by atoms with Gasteiger partial charge in [-0.1, -0.05) is 60.2 Å². The Kier molecular flexibility index (Phi) is 5.27. The average Bonchev–Trinajstić information content (AvgIpc) is 2.64. The predicted octanol–water partition coefficient (Wildman–Crippen LogP) is 2.88. The Balaban J connectivity index is 1.70. The van der Waals surface area contributed by atoms with Gasteiger partial charge in [-0.15, -0.1) is 0 Å². The number of hydrogen-bond acceptors (Lipinski definition) is 3. The average molecular weight is 347 g/mol. The third-order valence-electron chi connectivity index (χ3n) is 4.22. The topological polar surface area (TPSA) is 55.2 Å². The summed E-state index contributed by atoms with van der Waals surface area (Å²) in [4.78, 5) is 30.7. The number of carbonyl (C=O) groups excluding carboxylic acids is 1. The first-order valence-corrected chi connectivity index (χ1v) is 8.44. The minimum atomic E-state index is -0.239. The Bertz CT molecular complexity index is 947. The van der Waals surface area contributed by atoms with Gasteiger partial charge in [0.2, 0.25) is 5.91 Å². The summed E-state index contributed by atoms with van der Waals surface area (Å²) in [6, 6.07) is 19.0. The minimum absolute atomic E-state index is 0.0245. The van der Waals surface area contributed by atoms with Gasteiger partial charge in [0.1, 0.15) is 6.54 Å². The van der Waals surface area contributed by atoms with Crippen molar-refractivity contribution in [2.75, 3.05) is 7.05 Å². The lowest BCUT2D eigenvalue weighted by Crippen LogP contribution is -2.33. The molecule has 0 saturated carbocycles. The van der Waals surface area contributed by atoms with Crippen LogP contribution in [0.25, 0.3) is 11.3 Å². The summed E-state index contributed by atoms with van der Waals surface area (Å²) >= 11 is 0. The second-order valence-corrected chi connectivity index (χ2v) is 6.34. The Morgan fingerprint density at radius 3 is 2.42 bits per heavy atom. The minimum Gasteiger partial charge on any atom is -0.340 e. The molecule has 0 fully saturated rings. The number of benzene rings is 2. The molecule has 1 aromatic heterocycles. The van der Waals surface area contributed by atoms with Crippen molar-refractivity contribution in [3.8, 4) is 11.3 Å². The first-order chi connectivity index (χ1) is 12.5. The molecule has 0 aliphatic carbocycles. The van der Waals surface area contributed by atoms with Crippen molar-refractivity contribution in [2.45, 2.75) is 20.0 Å². The zero-order chi connectivity index (χ0) is 18.5. The van der Waals surface area contributed by atoms with Gasteiger partial charge in [-0.3, -0.25) is 14.2 Å². The van der Waals surface area contributed by atoms with E-state index in [9.17, 15) is 9.59 Å². The van der Waals surface area contributed by atoms with Crippen LogP contribution < -0.4 is 5.56 Å². The largest absolute Gasteiger partial charge is 0.340 e. The summed E-state index contributed by atoms with van der Waals surface area (Å²) in [5, 5.41) is 0. The molecule has 0 radical (unpaired) electrons. The van der Waals surface area contributed by atoms with Crippen LogP contribution in [0.5, 0.6) is 0 Å². The normalized spacial score (nSPS) is 10.5. The summed E-state index contributed by atoms with van der Waals surface area (Å²) in [7, 11) is 1.73. The van der Waals surface area contributed by atoms with Gasteiger partial charge in [0, 0.05) is 25.2 Å². The first kappa shape index (κ1) is 17.6. The van der Waals surface area contributed by atoms with Crippen LogP contribution in [0.15, 0.2) is 71.8 Å². The number of aromatic nitrogens is 2. The molecule has 26 heavy (non-hydrogen) atoms. The van der Waals surface area contributed by atoms with E-state index in [0.717, 1.165) is 16.7 Å². The van der Waals surface area contributed by atoms with Crippen molar-refractivity contribution in [3.05, 3.63) is 88.5 Å². The standard InChI is InChI=1S/C21H21N3O2/c1-16-8-10-18(11-9-16)19-12-20(25)24(15-22-19)14-21(26)23(2)13-17-6-4-3-5-7-17/h3-12,15H,13-14H2,1-2H3. The second kappa shape index (κ2) is 7.78. The molecule has 1 amide bonds. The molecule has 0 N–H and O–H groups in total. The SMILES string of the molecule is Cc1ccc(-c2cc(=O)n(CC(=O)N(C)Cc3ccccc3)cn2)cc1. The van der Waals surface area contributed by atoms with Crippen molar-refractivity contribution in [1.29, 1.82) is 0 Å². The number of rotatable bonds is 5. The summed E-state index contributed by atoms with van der Waals surface area (Å²) in [6.45, 7) is 2.49. The highest BCUT2D eigenvalue weighted by Crippen LogP contribution is 2.15. The maximum atomic E-state index is 12.4. The third kappa shape index (κ3) is 4.25. The van der Waals surface area contributed by atoms with Crippen molar-refractivity contribution in [2.24, 2.45) is 0 Å². The molecule has 5 heteroatoms. The summed E-state index contributed by atoms with van der Waals surface area (Å²) < 4.78 is 1.33.